The number of aromatic carboxylic acids is 1. The summed E-state index contributed by atoms with van der Waals surface area (Å²) in [5.41, 5.74) is -0.102. The Balaban J connectivity index is 3.74. The largest absolute Gasteiger partial charge is 0.504 e. The molecule has 0 unspecified atom stereocenters. The molecular formula is C11H14O6. The number of phenolic OH excluding ortho intramolecular Hbond substituents is 1. The van der Waals surface area contributed by atoms with Gasteiger partial charge in [0.05, 0.1) is 14.2 Å². The average Bonchev–Trinajstić information content (AvgIpc) is 2.30. The van der Waals surface area contributed by atoms with Crippen LogP contribution in [0.3, 0.4) is 0 Å². The van der Waals surface area contributed by atoms with Crippen molar-refractivity contribution >= 4 is 5.97 Å². The molecule has 6 heteroatoms. The van der Waals surface area contributed by atoms with E-state index in [0.717, 1.165) is 0 Å². The zero-order valence-corrected chi connectivity index (χ0v) is 9.77. The minimum Gasteiger partial charge on any atom is -0.504 e. The fourth-order valence-corrected chi connectivity index (χ4v) is 1.70. The molecule has 3 N–H and O–H groups in total. The van der Waals surface area contributed by atoms with Crippen LogP contribution in [0.15, 0.2) is 0 Å². The number of hydrogen-bond acceptors (Lipinski definition) is 5. The molecule has 0 aromatic heterocycles. The Bertz CT molecular complexity index is 452. The predicted octanol–water partition coefficient (Wildman–Crippen LogP) is 1.38. The predicted molar refractivity (Wildman–Crippen MR) is 59.2 cm³/mol. The number of carboxylic acids is 1. The van der Waals surface area contributed by atoms with Crippen LogP contribution >= 0.6 is 0 Å². The molecule has 1 aromatic rings. The highest BCUT2D eigenvalue weighted by Gasteiger charge is 2.27. The highest BCUT2D eigenvalue weighted by Crippen LogP contribution is 2.48. The lowest BCUT2D eigenvalue weighted by Crippen LogP contribution is -2.06. The zero-order valence-electron chi connectivity index (χ0n) is 9.77. The normalized spacial score (nSPS) is 10.1. The monoisotopic (exact) mass is 242 g/mol. The van der Waals surface area contributed by atoms with Crippen LogP contribution in [0.4, 0.5) is 0 Å². The Morgan fingerprint density at radius 1 is 1.12 bits per heavy atom. The maximum absolute atomic E-state index is 11.1. The molecule has 0 amide bonds. The van der Waals surface area contributed by atoms with E-state index in [4.69, 9.17) is 14.6 Å². The van der Waals surface area contributed by atoms with Gasteiger partial charge in [-0.15, -0.1) is 0 Å². The van der Waals surface area contributed by atoms with Crippen molar-refractivity contribution in [3.8, 4) is 23.0 Å². The fraction of sp³-hybridized carbons (Fsp3) is 0.364. The van der Waals surface area contributed by atoms with Crippen LogP contribution in [-0.4, -0.2) is 35.5 Å². The number of ether oxygens (including phenoxy) is 2. The quantitative estimate of drug-likeness (QED) is 0.690. The highest BCUT2D eigenvalue weighted by molar-refractivity contribution is 5.95. The molecule has 0 heterocycles. The summed E-state index contributed by atoms with van der Waals surface area (Å²) in [6, 6.07) is 0. The summed E-state index contributed by atoms with van der Waals surface area (Å²) in [6.45, 7) is 1.71. The fourth-order valence-electron chi connectivity index (χ4n) is 1.70. The second kappa shape index (κ2) is 4.82. The van der Waals surface area contributed by atoms with Crippen molar-refractivity contribution in [1.82, 2.24) is 0 Å². The van der Waals surface area contributed by atoms with Crippen LogP contribution in [-0.2, 0) is 6.42 Å². The molecule has 0 bridgehead atoms. The van der Waals surface area contributed by atoms with E-state index in [1.54, 1.807) is 6.92 Å². The van der Waals surface area contributed by atoms with Crippen molar-refractivity contribution in [2.24, 2.45) is 0 Å². The van der Waals surface area contributed by atoms with E-state index in [2.05, 4.69) is 0 Å². The molecule has 17 heavy (non-hydrogen) atoms. The second-order valence-corrected chi connectivity index (χ2v) is 3.28. The maximum atomic E-state index is 11.1. The van der Waals surface area contributed by atoms with Gasteiger partial charge in [-0.25, -0.2) is 4.79 Å². The van der Waals surface area contributed by atoms with E-state index in [1.807, 2.05) is 0 Å². The van der Waals surface area contributed by atoms with E-state index in [0.29, 0.717) is 6.42 Å². The van der Waals surface area contributed by atoms with Crippen LogP contribution in [0, 0.1) is 0 Å². The van der Waals surface area contributed by atoms with Crippen LogP contribution in [0.1, 0.15) is 22.8 Å². The minimum absolute atomic E-state index is 0.0770. The minimum atomic E-state index is -1.34. The smallest absolute Gasteiger partial charge is 0.340 e. The average molecular weight is 242 g/mol. The first-order valence-electron chi connectivity index (χ1n) is 4.91. The number of phenols is 2. The molecule has 0 radical (unpaired) electrons. The third-order valence-corrected chi connectivity index (χ3v) is 2.43. The molecule has 0 aliphatic rings. The molecule has 0 saturated heterocycles. The molecule has 1 rings (SSSR count). The lowest BCUT2D eigenvalue weighted by molar-refractivity contribution is 0.0691. The first-order valence-corrected chi connectivity index (χ1v) is 4.91. The molecule has 0 aliphatic heterocycles. The Kier molecular flexibility index (Phi) is 3.67. The van der Waals surface area contributed by atoms with E-state index in [-0.39, 0.29) is 22.6 Å². The molecule has 0 saturated carbocycles. The Morgan fingerprint density at radius 3 is 2.00 bits per heavy atom. The van der Waals surface area contributed by atoms with Crippen molar-refractivity contribution in [1.29, 1.82) is 0 Å². The summed E-state index contributed by atoms with van der Waals surface area (Å²) in [5.74, 6) is -2.66. The molecule has 0 spiro atoms. The maximum Gasteiger partial charge on any atom is 0.340 e. The summed E-state index contributed by atoms with van der Waals surface area (Å²) < 4.78 is 9.92. The van der Waals surface area contributed by atoms with E-state index in [1.165, 1.54) is 14.2 Å². The lowest BCUT2D eigenvalue weighted by atomic mass is 10.0. The van der Waals surface area contributed by atoms with Gasteiger partial charge in [0.25, 0.3) is 0 Å². The van der Waals surface area contributed by atoms with Gasteiger partial charge in [0.2, 0.25) is 11.5 Å². The molecule has 6 nitrogen and oxygen atoms in total. The number of hydrogen-bond donors (Lipinski definition) is 3. The number of methoxy groups -OCH3 is 2. The molecule has 0 fully saturated rings. The Hall–Kier alpha value is -2.11. The van der Waals surface area contributed by atoms with Crippen molar-refractivity contribution in [3.05, 3.63) is 11.1 Å². The van der Waals surface area contributed by atoms with E-state index >= 15 is 0 Å². The standard InChI is InChI=1S/C11H14O6/c1-4-5-6(11(14)15)7(12)8(13)10(17-3)9(5)16-2/h12-13H,4H2,1-3H3,(H,14,15). The van der Waals surface area contributed by atoms with Crippen molar-refractivity contribution in [2.45, 2.75) is 13.3 Å². The van der Waals surface area contributed by atoms with Gasteiger partial charge in [0.15, 0.2) is 11.5 Å². The van der Waals surface area contributed by atoms with Crippen LogP contribution < -0.4 is 9.47 Å². The lowest BCUT2D eigenvalue weighted by Gasteiger charge is -2.17. The molecule has 0 atom stereocenters. The van der Waals surface area contributed by atoms with Crippen molar-refractivity contribution in [2.75, 3.05) is 14.2 Å². The number of rotatable bonds is 4. The van der Waals surface area contributed by atoms with Crippen LogP contribution in [0.2, 0.25) is 0 Å². The number of carbonyl (C=O) groups is 1. The molecule has 0 aliphatic carbocycles. The van der Waals surface area contributed by atoms with E-state index < -0.39 is 17.5 Å². The highest BCUT2D eigenvalue weighted by atomic mass is 16.5. The number of benzene rings is 1. The third kappa shape index (κ3) is 1.93. The van der Waals surface area contributed by atoms with E-state index in [9.17, 15) is 15.0 Å². The first kappa shape index (κ1) is 13.0. The first-order chi connectivity index (χ1) is 7.99. The van der Waals surface area contributed by atoms with Crippen LogP contribution in [0.5, 0.6) is 23.0 Å². The zero-order chi connectivity index (χ0) is 13.2. The third-order valence-electron chi connectivity index (χ3n) is 2.43. The SMILES string of the molecule is CCc1c(OC)c(OC)c(O)c(O)c1C(=O)O. The topological polar surface area (TPSA) is 96.2 Å². The summed E-state index contributed by atoms with van der Waals surface area (Å²) in [4.78, 5) is 11.1. The van der Waals surface area contributed by atoms with Gasteiger partial charge in [0, 0.05) is 5.56 Å². The molecule has 94 valence electrons. The van der Waals surface area contributed by atoms with Gasteiger partial charge in [-0.1, -0.05) is 6.92 Å². The summed E-state index contributed by atoms with van der Waals surface area (Å²) in [5, 5.41) is 28.3. The molecule has 1 aromatic carbocycles. The van der Waals surface area contributed by atoms with Gasteiger partial charge in [-0.05, 0) is 6.42 Å². The number of carboxylic acid groups (broad SMARTS) is 1. The number of aromatic hydroxyl groups is 2. The second-order valence-electron chi connectivity index (χ2n) is 3.28. The summed E-state index contributed by atoms with van der Waals surface area (Å²) in [7, 11) is 2.62. The Labute approximate surface area is 98.0 Å². The summed E-state index contributed by atoms with van der Waals surface area (Å²) >= 11 is 0. The van der Waals surface area contributed by atoms with Gasteiger partial charge >= 0.3 is 5.97 Å². The van der Waals surface area contributed by atoms with Gasteiger partial charge in [0.1, 0.15) is 5.56 Å². The van der Waals surface area contributed by atoms with Crippen molar-refractivity contribution < 1.29 is 29.6 Å². The van der Waals surface area contributed by atoms with Gasteiger partial charge < -0.3 is 24.8 Å². The van der Waals surface area contributed by atoms with Gasteiger partial charge in [-0.3, -0.25) is 0 Å². The van der Waals surface area contributed by atoms with Crippen molar-refractivity contribution in [3.63, 3.8) is 0 Å². The van der Waals surface area contributed by atoms with Gasteiger partial charge in [-0.2, -0.15) is 0 Å². The van der Waals surface area contributed by atoms with Crippen LogP contribution in [0.25, 0.3) is 0 Å². The molecular weight excluding hydrogens is 228 g/mol. The summed E-state index contributed by atoms with van der Waals surface area (Å²) in [6.07, 6.45) is 0.314. The Morgan fingerprint density at radius 2 is 1.65 bits per heavy atom.